The van der Waals surface area contributed by atoms with Crippen LogP contribution in [0.25, 0.3) is 0 Å². The van der Waals surface area contributed by atoms with Crippen molar-refractivity contribution in [2.24, 2.45) is 0 Å². The van der Waals surface area contributed by atoms with Crippen LogP contribution in [0.1, 0.15) is 26.2 Å². The molecule has 1 saturated heterocycles. The number of hydrogen-bond acceptors (Lipinski definition) is 4. The smallest absolute Gasteiger partial charge is 0.247 e. The molecule has 5 nitrogen and oxygen atoms in total. The molecular formula is C13H20N2O3S. The molecule has 0 spiro atoms. The van der Waals surface area contributed by atoms with E-state index in [0.29, 0.717) is 18.0 Å². The minimum atomic E-state index is -3.52. The number of nitrogens with two attached hydrogens (primary N) is 1. The predicted molar refractivity (Wildman–Crippen MR) is 74.6 cm³/mol. The van der Waals surface area contributed by atoms with E-state index in [0.717, 1.165) is 19.3 Å². The Morgan fingerprint density at radius 2 is 2.11 bits per heavy atom. The second-order valence-corrected chi connectivity index (χ2v) is 6.73. The molecule has 1 aliphatic rings. The van der Waals surface area contributed by atoms with Gasteiger partial charge in [-0.05, 0) is 31.9 Å². The van der Waals surface area contributed by atoms with Crippen molar-refractivity contribution in [2.45, 2.75) is 37.1 Å². The first-order valence-electron chi connectivity index (χ1n) is 6.42. The van der Waals surface area contributed by atoms with Gasteiger partial charge in [0.1, 0.15) is 10.6 Å². The summed E-state index contributed by atoms with van der Waals surface area (Å²) in [6.07, 6.45) is 2.88. The van der Waals surface area contributed by atoms with Crippen molar-refractivity contribution in [3.63, 3.8) is 0 Å². The lowest BCUT2D eigenvalue weighted by Gasteiger charge is -2.32. The number of sulfonamides is 1. The van der Waals surface area contributed by atoms with E-state index in [4.69, 9.17) is 10.5 Å². The van der Waals surface area contributed by atoms with Crippen LogP contribution in [0.3, 0.4) is 0 Å². The number of nitrogen functional groups attached to an aromatic ring is 1. The molecular weight excluding hydrogens is 264 g/mol. The Kier molecular flexibility index (Phi) is 4.01. The van der Waals surface area contributed by atoms with E-state index in [2.05, 4.69) is 0 Å². The normalized spacial score (nSPS) is 21.3. The van der Waals surface area contributed by atoms with Crippen LogP contribution in [0.2, 0.25) is 0 Å². The van der Waals surface area contributed by atoms with E-state index < -0.39 is 10.0 Å². The van der Waals surface area contributed by atoms with Gasteiger partial charge in [-0.1, -0.05) is 6.42 Å². The van der Waals surface area contributed by atoms with Crippen molar-refractivity contribution < 1.29 is 13.2 Å². The van der Waals surface area contributed by atoms with Crippen LogP contribution in [0, 0.1) is 0 Å². The standard InChI is InChI=1S/C13H20N2O3S/c1-10-5-3-4-8-15(10)19(16,17)13-7-6-11(14)9-12(13)18-2/h6-7,9-10H,3-5,8,14H2,1-2H3. The third kappa shape index (κ3) is 2.69. The number of nitrogens with zero attached hydrogens (tertiary/aromatic N) is 1. The Morgan fingerprint density at radius 1 is 1.37 bits per heavy atom. The van der Waals surface area contributed by atoms with E-state index in [1.54, 1.807) is 16.4 Å². The van der Waals surface area contributed by atoms with Crippen LogP contribution in [0.4, 0.5) is 5.69 Å². The molecule has 1 fully saturated rings. The molecule has 1 heterocycles. The summed E-state index contributed by atoms with van der Waals surface area (Å²) < 4.78 is 32.1. The van der Waals surface area contributed by atoms with Crippen LogP contribution in [-0.4, -0.2) is 32.4 Å². The fourth-order valence-corrected chi connectivity index (χ4v) is 4.29. The molecule has 2 N–H and O–H groups in total. The summed E-state index contributed by atoms with van der Waals surface area (Å²) in [7, 11) is -2.07. The molecule has 0 radical (unpaired) electrons. The molecule has 1 aromatic carbocycles. The van der Waals surface area contributed by atoms with Gasteiger partial charge < -0.3 is 10.5 Å². The first-order valence-corrected chi connectivity index (χ1v) is 7.86. The zero-order valence-corrected chi connectivity index (χ0v) is 12.1. The van der Waals surface area contributed by atoms with Gasteiger partial charge in [0.25, 0.3) is 0 Å². The lowest BCUT2D eigenvalue weighted by atomic mass is 10.1. The summed E-state index contributed by atoms with van der Waals surface area (Å²) in [5.41, 5.74) is 6.15. The Hall–Kier alpha value is -1.27. The third-order valence-corrected chi connectivity index (χ3v) is 5.57. The minimum Gasteiger partial charge on any atom is -0.495 e. The average Bonchev–Trinajstić information content (AvgIpc) is 2.38. The largest absolute Gasteiger partial charge is 0.495 e. The Bertz CT molecular complexity index is 557. The van der Waals surface area contributed by atoms with Gasteiger partial charge in [-0.15, -0.1) is 0 Å². The van der Waals surface area contributed by atoms with Gasteiger partial charge in [0.2, 0.25) is 10.0 Å². The van der Waals surface area contributed by atoms with E-state index in [-0.39, 0.29) is 10.9 Å². The molecule has 0 aromatic heterocycles. The fourth-order valence-electron chi connectivity index (χ4n) is 2.45. The summed E-state index contributed by atoms with van der Waals surface area (Å²) in [6.45, 7) is 2.51. The average molecular weight is 284 g/mol. The molecule has 6 heteroatoms. The Morgan fingerprint density at radius 3 is 2.74 bits per heavy atom. The third-order valence-electron chi connectivity index (χ3n) is 3.52. The fraction of sp³-hybridized carbons (Fsp3) is 0.538. The van der Waals surface area contributed by atoms with Gasteiger partial charge >= 0.3 is 0 Å². The molecule has 106 valence electrons. The Labute approximate surface area is 114 Å². The summed E-state index contributed by atoms with van der Waals surface area (Å²) >= 11 is 0. The van der Waals surface area contributed by atoms with Crippen molar-refractivity contribution in [1.29, 1.82) is 0 Å². The van der Waals surface area contributed by atoms with Crippen molar-refractivity contribution >= 4 is 15.7 Å². The lowest BCUT2D eigenvalue weighted by molar-refractivity contribution is 0.267. The van der Waals surface area contributed by atoms with Crippen LogP contribution < -0.4 is 10.5 Å². The van der Waals surface area contributed by atoms with Crippen molar-refractivity contribution in [1.82, 2.24) is 4.31 Å². The number of piperidine rings is 1. The van der Waals surface area contributed by atoms with Crippen LogP contribution in [0.5, 0.6) is 5.75 Å². The summed E-state index contributed by atoms with van der Waals surface area (Å²) in [6, 6.07) is 4.68. The number of anilines is 1. The maximum Gasteiger partial charge on any atom is 0.247 e. The highest BCUT2D eigenvalue weighted by atomic mass is 32.2. The van der Waals surface area contributed by atoms with Gasteiger partial charge in [0.05, 0.1) is 7.11 Å². The van der Waals surface area contributed by atoms with E-state index in [1.165, 1.54) is 13.2 Å². The first-order chi connectivity index (χ1) is 8.96. The molecule has 1 aromatic rings. The van der Waals surface area contributed by atoms with Gasteiger partial charge in [0, 0.05) is 24.3 Å². The summed E-state index contributed by atoms with van der Waals surface area (Å²) in [5, 5.41) is 0. The van der Waals surface area contributed by atoms with Crippen LogP contribution >= 0.6 is 0 Å². The molecule has 2 rings (SSSR count). The van der Waals surface area contributed by atoms with E-state index in [1.807, 2.05) is 6.92 Å². The SMILES string of the molecule is COc1cc(N)ccc1S(=O)(=O)N1CCCCC1C. The number of rotatable bonds is 3. The molecule has 0 bridgehead atoms. The quantitative estimate of drug-likeness (QED) is 0.860. The number of hydrogen-bond donors (Lipinski definition) is 1. The number of benzene rings is 1. The highest BCUT2D eigenvalue weighted by molar-refractivity contribution is 7.89. The van der Waals surface area contributed by atoms with Gasteiger partial charge in [-0.3, -0.25) is 0 Å². The zero-order chi connectivity index (χ0) is 14.0. The summed E-state index contributed by atoms with van der Waals surface area (Å²) in [5.74, 6) is 0.303. The minimum absolute atomic E-state index is 0.0287. The maximum absolute atomic E-state index is 12.7. The Balaban J connectivity index is 2.44. The predicted octanol–water partition coefficient (Wildman–Crippen LogP) is 1.84. The van der Waals surface area contributed by atoms with Gasteiger partial charge in [-0.2, -0.15) is 4.31 Å². The van der Waals surface area contributed by atoms with Crippen LogP contribution in [0.15, 0.2) is 23.1 Å². The van der Waals surface area contributed by atoms with Gasteiger partial charge in [-0.25, -0.2) is 8.42 Å². The molecule has 0 saturated carbocycles. The molecule has 1 aliphatic heterocycles. The zero-order valence-electron chi connectivity index (χ0n) is 11.3. The molecule has 0 aliphatic carbocycles. The van der Waals surface area contributed by atoms with Crippen molar-refractivity contribution in [3.8, 4) is 5.75 Å². The second kappa shape index (κ2) is 5.38. The topological polar surface area (TPSA) is 72.6 Å². The van der Waals surface area contributed by atoms with Crippen molar-refractivity contribution in [2.75, 3.05) is 19.4 Å². The van der Waals surface area contributed by atoms with Crippen LogP contribution in [-0.2, 0) is 10.0 Å². The molecule has 1 atom stereocenters. The highest BCUT2D eigenvalue weighted by Gasteiger charge is 2.32. The van der Waals surface area contributed by atoms with E-state index in [9.17, 15) is 8.42 Å². The second-order valence-electron chi connectivity index (χ2n) is 4.87. The summed E-state index contributed by atoms with van der Waals surface area (Å²) in [4.78, 5) is 0.193. The first kappa shape index (κ1) is 14.1. The molecule has 1 unspecified atom stereocenters. The molecule has 19 heavy (non-hydrogen) atoms. The van der Waals surface area contributed by atoms with Gasteiger partial charge in [0.15, 0.2) is 0 Å². The number of ether oxygens (including phenoxy) is 1. The maximum atomic E-state index is 12.7. The number of methoxy groups -OCH3 is 1. The monoisotopic (exact) mass is 284 g/mol. The molecule has 0 amide bonds. The lowest BCUT2D eigenvalue weighted by Crippen LogP contribution is -2.42. The van der Waals surface area contributed by atoms with E-state index >= 15 is 0 Å². The highest BCUT2D eigenvalue weighted by Crippen LogP contribution is 2.31. The van der Waals surface area contributed by atoms with Crippen molar-refractivity contribution in [3.05, 3.63) is 18.2 Å².